The molecule has 4 N–H and O–H groups in total. The fourth-order valence-electron chi connectivity index (χ4n) is 1.56. The molecule has 8 heteroatoms. The molecule has 1 atom stereocenters. The third kappa shape index (κ3) is 5.25. The first-order valence-electron chi connectivity index (χ1n) is 6.64. The van der Waals surface area contributed by atoms with E-state index in [1.807, 2.05) is 0 Å². The quantitative estimate of drug-likeness (QED) is 0.526. The SMILES string of the molecule is CCNC(=O)[C@@H](C)NC(=O)COC(=O)c1ccc(Cl)c(N)c1. The predicted octanol–water partition coefficient (Wildman–Crippen LogP) is 0.720. The molecule has 0 aliphatic carbocycles. The minimum absolute atomic E-state index is 0.187. The molecule has 0 unspecified atom stereocenters. The van der Waals surface area contributed by atoms with Crippen LogP contribution in [0.3, 0.4) is 0 Å². The number of halogens is 1. The number of amides is 2. The van der Waals surface area contributed by atoms with Crippen molar-refractivity contribution in [2.45, 2.75) is 19.9 Å². The van der Waals surface area contributed by atoms with E-state index in [4.69, 9.17) is 22.1 Å². The minimum atomic E-state index is -0.711. The van der Waals surface area contributed by atoms with Crippen LogP contribution in [0.2, 0.25) is 5.02 Å². The summed E-state index contributed by atoms with van der Waals surface area (Å²) in [4.78, 5) is 34.8. The van der Waals surface area contributed by atoms with Gasteiger partial charge < -0.3 is 21.1 Å². The largest absolute Gasteiger partial charge is 0.452 e. The third-order valence-electron chi connectivity index (χ3n) is 2.69. The highest BCUT2D eigenvalue weighted by Gasteiger charge is 2.16. The summed E-state index contributed by atoms with van der Waals surface area (Å²) < 4.78 is 4.84. The number of carbonyl (C=O) groups excluding carboxylic acids is 3. The number of ether oxygens (including phenoxy) is 1. The Morgan fingerprint density at radius 2 is 2.05 bits per heavy atom. The van der Waals surface area contributed by atoms with E-state index < -0.39 is 24.5 Å². The Balaban J connectivity index is 2.48. The second-order valence-corrected chi connectivity index (χ2v) is 4.90. The molecule has 1 aromatic rings. The molecule has 0 fully saturated rings. The maximum atomic E-state index is 11.8. The average molecular weight is 328 g/mol. The molecular formula is C14H18ClN3O4. The van der Waals surface area contributed by atoms with E-state index in [0.29, 0.717) is 11.6 Å². The standard InChI is InChI=1S/C14H18ClN3O4/c1-3-17-13(20)8(2)18-12(19)7-22-14(21)9-4-5-10(15)11(16)6-9/h4-6,8H,3,7,16H2,1-2H3,(H,17,20)(H,18,19)/t8-/m1/s1. The molecule has 0 saturated heterocycles. The molecular weight excluding hydrogens is 310 g/mol. The van der Waals surface area contributed by atoms with Crippen LogP contribution in [0.25, 0.3) is 0 Å². The number of benzene rings is 1. The Bertz CT molecular complexity index is 577. The van der Waals surface area contributed by atoms with E-state index in [-0.39, 0.29) is 17.2 Å². The summed E-state index contributed by atoms with van der Waals surface area (Å²) in [6, 6.07) is 3.55. The summed E-state index contributed by atoms with van der Waals surface area (Å²) in [5.41, 5.74) is 6.01. The van der Waals surface area contributed by atoms with E-state index in [1.165, 1.54) is 25.1 Å². The van der Waals surface area contributed by atoms with Crippen LogP contribution >= 0.6 is 11.6 Å². The van der Waals surface area contributed by atoms with Crippen molar-refractivity contribution in [3.05, 3.63) is 28.8 Å². The molecule has 0 aromatic heterocycles. The van der Waals surface area contributed by atoms with Gasteiger partial charge in [-0.25, -0.2) is 4.79 Å². The maximum absolute atomic E-state index is 11.8. The number of esters is 1. The van der Waals surface area contributed by atoms with Crippen molar-refractivity contribution in [2.75, 3.05) is 18.9 Å². The van der Waals surface area contributed by atoms with E-state index in [0.717, 1.165) is 0 Å². The van der Waals surface area contributed by atoms with Gasteiger partial charge in [-0.3, -0.25) is 9.59 Å². The summed E-state index contributed by atoms with van der Waals surface area (Å²) >= 11 is 5.75. The maximum Gasteiger partial charge on any atom is 0.338 e. The van der Waals surface area contributed by atoms with Gasteiger partial charge in [0, 0.05) is 6.54 Å². The van der Waals surface area contributed by atoms with Crippen molar-refractivity contribution < 1.29 is 19.1 Å². The molecule has 0 heterocycles. The highest BCUT2D eigenvalue weighted by atomic mass is 35.5. The lowest BCUT2D eigenvalue weighted by Crippen LogP contribution is -2.46. The van der Waals surface area contributed by atoms with Gasteiger partial charge in [-0.15, -0.1) is 0 Å². The van der Waals surface area contributed by atoms with Crippen LogP contribution in [0.5, 0.6) is 0 Å². The number of anilines is 1. The zero-order valence-electron chi connectivity index (χ0n) is 12.3. The minimum Gasteiger partial charge on any atom is -0.452 e. The van der Waals surface area contributed by atoms with Gasteiger partial charge in [-0.1, -0.05) is 11.6 Å². The van der Waals surface area contributed by atoms with Crippen LogP contribution in [-0.2, 0) is 14.3 Å². The Morgan fingerprint density at radius 3 is 2.64 bits per heavy atom. The molecule has 0 saturated carbocycles. The molecule has 1 rings (SSSR count). The topological polar surface area (TPSA) is 111 Å². The molecule has 22 heavy (non-hydrogen) atoms. The smallest absolute Gasteiger partial charge is 0.338 e. The van der Waals surface area contributed by atoms with E-state index >= 15 is 0 Å². The first-order chi connectivity index (χ1) is 10.3. The monoisotopic (exact) mass is 327 g/mol. The van der Waals surface area contributed by atoms with Gasteiger partial charge >= 0.3 is 5.97 Å². The number of carbonyl (C=O) groups is 3. The zero-order chi connectivity index (χ0) is 16.7. The lowest BCUT2D eigenvalue weighted by Gasteiger charge is -2.13. The second-order valence-electron chi connectivity index (χ2n) is 4.50. The van der Waals surface area contributed by atoms with Crippen molar-refractivity contribution in [3.63, 3.8) is 0 Å². The Hall–Kier alpha value is -2.28. The van der Waals surface area contributed by atoms with Gasteiger partial charge in [-0.05, 0) is 32.0 Å². The van der Waals surface area contributed by atoms with Crippen LogP contribution in [0.1, 0.15) is 24.2 Å². The predicted molar refractivity (Wildman–Crippen MR) is 82.4 cm³/mol. The van der Waals surface area contributed by atoms with Crippen LogP contribution in [-0.4, -0.2) is 37.0 Å². The van der Waals surface area contributed by atoms with Crippen LogP contribution in [0.15, 0.2) is 18.2 Å². The molecule has 1 aromatic carbocycles. The number of likely N-dealkylation sites (N-methyl/N-ethyl adjacent to an activating group) is 1. The van der Waals surface area contributed by atoms with Crippen LogP contribution in [0.4, 0.5) is 5.69 Å². The van der Waals surface area contributed by atoms with Crippen molar-refractivity contribution in [1.82, 2.24) is 10.6 Å². The van der Waals surface area contributed by atoms with Gasteiger partial charge in [0.25, 0.3) is 5.91 Å². The summed E-state index contributed by atoms with van der Waals surface area (Å²) in [7, 11) is 0. The molecule has 7 nitrogen and oxygen atoms in total. The van der Waals surface area contributed by atoms with Gasteiger partial charge in [-0.2, -0.15) is 0 Å². The van der Waals surface area contributed by atoms with E-state index in [9.17, 15) is 14.4 Å². The van der Waals surface area contributed by atoms with Crippen LogP contribution < -0.4 is 16.4 Å². The van der Waals surface area contributed by atoms with Gasteiger partial charge in [0.2, 0.25) is 5.91 Å². The summed E-state index contributed by atoms with van der Waals surface area (Å²) in [5, 5.41) is 5.31. The molecule has 2 amide bonds. The number of hydrogen-bond acceptors (Lipinski definition) is 5. The molecule has 120 valence electrons. The first kappa shape index (κ1) is 17.8. The molecule has 0 radical (unpaired) electrons. The number of hydrogen-bond donors (Lipinski definition) is 3. The summed E-state index contributed by atoms with van der Waals surface area (Å²) in [5.74, 6) is -1.59. The van der Waals surface area contributed by atoms with Gasteiger partial charge in [0.05, 0.1) is 16.3 Å². The molecule has 0 bridgehead atoms. The highest BCUT2D eigenvalue weighted by Crippen LogP contribution is 2.19. The molecule has 0 aliphatic rings. The fraction of sp³-hybridized carbons (Fsp3) is 0.357. The Kier molecular flexibility index (Phi) is 6.65. The third-order valence-corrected chi connectivity index (χ3v) is 3.03. The average Bonchev–Trinajstić information content (AvgIpc) is 2.47. The lowest BCUT2D eigenvalue weighted by molar-refractivity contribution is -0.130. The van der Waals surface area contributed by atoms with Crippen molar-refractivity contribution in [3.8, 4) is 0 Å². The fourth-order valence-corrected chi connectivity index (χ4v) is 1.68. The zero-order valence-corrected chi connectivity index (χ0v) is 13.1. The van der Waals surface area contributed by atoms with Gasteiger partial charge in [0.15, 0.2) is 6.61 Å². The van der Waals surface area contributed by atoms with Crippen molar-refractivity contribution in [1.29, 1.82) is 0 Å². The number of rotatable bonds is 6. The number of nitrogen functional groups attached to an aromatic ring is 1. The molecule has 0 aliphatic heterocycles. The number of nitrogens with two attached hydrogens (primary N) is 1. The van der Waals surface area contributed by atoms with E-state index in [2.05, 4.69) is 10.6 Å². The van der Waals surface area contributed by atoms with Crippen molar-refractivity contribution in [2.24, 2.45) is 0 Å². The summed E-state index contributed by atoms with van der Waals surface area (Å²) in [6.07, 6.45) is 0. The highest BCUT2D eigenvalue weighted by molar-refractivity contribution is 6.33. The Morgan fingerprint density at radius 1 is 1.36 bits per heavy atom. The Labute approximate surface area is 133 Å². The van der Waals surface area contributed by atoms with Crippen molar-refractivity contribution >= 4 is 35.1 Å². The first-order valence-corrected chi connectivity index (χ1v) is 7.02. The van der Waals surface area contributed by atoms with Gasteiger partial charge in [0.1, 0.15) is 6.04 Å². The normalized spacial score (nSPS) is 11.4. The number of nitrogens with one attached hydrogen (secondary N) is 2. The molecule has 0 spiro atoms. The van der Waals surface area contributed by atoms with Crippen LogP contribution in [0, 0.1) is 0 Å². The summed E-state index contributed by atoms with van der Waals surface area (Å²) in [6.45, 7) is 3.27. The second kappa shape index (κ2) is 8.23. The lowest BCUT2D eigenvalue weighted by atomic mass is 10.2. The van der Waals surface area contributed by atoms with E-state index in [1.54, 1.807) is 6.92 Å².